The maximum atomic E-state index is 6.41. The van der Waals surface area contributed by atoms with Crippen LogP contribution in [-0.4, -0.2) is 18.3 Å². The van der Waals surface area contributed by atoms with Gasteiger partial charge in [-0.15, -0.1) is 0 Å². The molecule has 1 aliphatic rings. The molecule has 0 bridgehead atoms. The Balaban J connectivity index is 1.47. The number of hydrogen-bond donors (Lipinski definition) is 0. The summed E-state index contributed by atoms with van der Waals surface area (Å²) >= 11 is 0. The normalized spacial score (nSPS) is 15.7. The molecule has 0 aliphatic carbocycles. The molecule has 5 aromatic rings. The zero-order valence-corrected chi connectivity index (χ0v) is 23.5. The molecular weight excluding hydrogens is 489 g/mol. The lowest BCUT2D eigenvalue weighted by Gasteiger charge is -2.32. The van der Waals surface area contributed by atoms with Gasteiger partial charge in [0.05, 0.1) is 16.9 Å². The summed E-state index contributed by atoms with van der Waals surface area (Å²) in [6.45, 7) is 8.36. The van der Waals surface area contributed by atoms with Gasteiger partial charge in [0.25, 0.3) is 0 Å². The summed E-state index contributed by atoms with van der Waals surface area (Å²) in [7, 11) is -0.434. The van der Waals surface area contributed by atoms with E-state index < -0.39 is 18.3 Å². The van der Waals surface area contributed by atoms with E-state index in [0.717, 1.165) is 28.1 Å². The fourth-order valence-electron chi connectivity index (χ4n) is 5.18. The predicted molar refractivity (Wildman–Crippen MR) is 168 cm³/mol. The quantitative estimate of drug-likeness (QED) is 0.208. The Bertz CT molecular complexity index is 1580. The number of para-hydroxylation sites is 1. The van der Waals surface area contributed by atoms with Gasteiger partial charge < -0.3 is 14.2 Å². The molecule has 1 aliphatic heterocycles. The van der Waals surface area contributed by atoms with Crippen molar-refractivity contribution >= 4 is 29.6 Å². The van der Waals surface area contributed by atoms with Crippen LogP contribution in [0, 0.1) is 0 Å². The lowest BCUT2D eigenvalue weighted by atomic mass is 9.79. The Morgan fingerprint density at radius 2 is 1.05 bits per heavy atom. The number of rotatable bonds is 6. The highest BCUT2D eigenvalue weighted by Crippen LogP contribution is 2.41. The lowest BCUT2D eigenvalue weighted by molar-refractivity contribution is 0.00578. The first-order valence-electron chi connectivity index (χ1n) is 13.9. The Morgan fingerprint density at radius 3 is 1.70 bits per heavy atom. The Morgan fingerprint density at radius 1 is 0.500 bits per heavy atom. The molecular formula is C36H34BNO2. The maximum absolute atomic E-state index is 6.41. The van der Waals surface area contributed by atoms with Crippen LogP contribution in [0.5, 0.6) is 0 Å². The second kappa shape index (κ2) is 10.5. The predicted octanol–water partition coefficient (Wildman–Crippen LogP) is 8.79. The van der Waals surface area contributed by atoms with E-state index in [0.29, 0.717) is 0 Å². The summed E-state index contributed by atoms with van der Waals surface area (Å²) in [6, 6.07) is 46.9. The molecule has 0 unspecified atom stereocenters. The fraction of sp³-hybridized carbons (Fsp3) is 0.167. The van der Waals surface area contributed by atoms with Gasteiger partial charge in [0, 0.05) is 16.9 Å². The molecule has 40 heavy (non-hydrogen) atoms. The third kappa shape index (κ3) is 4.97. The van der Waals surface area contributed by atoms with Crippen LogP contribution in [-0.2, 0) is 9.31 Å². The van der Waals surface area contributed by atoms with Gasteiger partial charge in [-0.3, -0.25) is 0 Å². The summed E-state index contributed by atoms with van der Waals surface area (Å²) in [5.74, 6) is 0. The first-order chi connectivity index (χ1) is 19.3. The Hall–Kier alpha value is -4.12. The molecule has 1 heterocycles. The van der Waals surface area contributed by atoms with E-state index >= 15 is 0 Å². The van der Waals surface area contributed by atoms with Gasteiger partial charge in [-0.2, -0.15) is 0 Å². The largest absolute Gasteiger partial charge is 0.494 e. The van der Waals surface area contributed by atoms with Gasteiger partial charge in [0.2, 0.25) is 0 Å². The van der Waals surface area contributed by atoms with Gasteiger partial charge in [-0.25, -0.2) is 0 Å². The molecule has 0 amide bonds. The van der Waals surface area contributed by atoms with Gasteiger partial charge in [0.15, 0.2) is 0 Å². The molecule has 0 saturated carbocycles. The third-order valence-corrected chi connectivity index (χ3v) is 8.12. The number of hydrogen-bond acceptors (Lipinski definition) is 3. The molecule has 0 radical (unpaired) electrons. The average molecular weight is 523 g/mol. The lowest BCUT2D eigenvalue weighted by Crippen LogP contribution is -2.41. The van der Waals surface area contributed by atoms with E-state index in [9.17, 15) is 0 Å². The van der Waals surface area contributed by atoms with Gasteiger partial charge in [-0.1, -0.05) is 103 Å². The molecule has 0 N–H and O–H groups in total. The van der Waals surface area contributed by atoms with Crippen LogP contribution in [0.4, 0.5) is 17.1 Å². The van der Waals surface area contributed by atoms with E-state index in [-0.39, 0.29) is 0 Å². The van der Waals surface area contributed by atoms with Crippen LogP contribution in [0.1, 0.15) is 27.7 Å². The van der Waals surface area contributed by atoms with Crippen molar-refractivity contribution in [1.29, 1.82) is 0 Å². The highest BCUT2D eigenvalue weighted by Gasteiger charge is 2.51. The zero-order chi connectivity index (χ0) is 27.7. The van der Waals surface area contributed by atoms with Crippen molar-refractivity contribution in [3.63, 3.8) is 0 Å². The highest BCUT2D eigenvalue weighted by molar-refractivity contribution is 6.62. The van der Waals surface area contributed by atoms with Crippen LogP contribution in [0.25, 0.3) is 22.3 Å². The first-order valence-corrected chi connectivity index (χ1v) is 13.9. The van der Waals surface area contributed by atoms with Crippen LogP contribution in [0.2, 0.25) is 0 Å². The van der Waals surface area contributed by atoms with Crippen molar-refractivity contribution < 1.29 is 9.31 Å². The summed E-state index contributed by atoms with van der Waals surface area (Å²) in [6.07, 6.45) is 0. The van der Waals surface area contributed by atoms with E-state index in [2.05, 4.69) is 160 Å². The van der Waals surface area contributed by atoms with Gasteiger partial charge in [0.1, 0.15) is 0 Å². The average Bonchev–Trinajstić information content (AvgIpc) is 3.21. The van der Waals surface area contributed by atoms with Crippen molar-refractivity contribution in [3.05, 3.63) is 133 Å². The smallest absolute Gasteiger partial charge is 0.399 e. The van der Waals surface area contributed by atoms with E-state index in [1.807, 2.05) is 6.07 Å². The van der Waals surface area contributed by atoms with Crippen molar-refractivity contribution in [2.75, 3.05) is 4.90 Å². The first kappa shape index (κ1) is 26.1. The highest BCUT2D eigenvalue weighted by atomic mass is 16.7. The second-order valence-electron chi connectivity index (χ2n) is 11.3. The molecule has 3 nitrogen and oxygen atoms in total. The third-order valence-electron chi connectivity index (χ3n) is 8.12. The van der Waals surface area contributed by atoms with Crippen LogP contribution in [0.15, 0.2) is 133 Å². The number of nitrogens with zero attached hydrogens (tertiary/aromatic N) is 1. The van der Waals surface area contributed by atoms with Crippen molar-refractivity contribution in [2.24, 2.45) is 0 Å². The molecule has 1 saturated heterocycles. The Labute approximate surface area is 238 Å². The summed E-state index contributed by atoms with van der Waals surface area (Å²) < 4.78 is 12.8. The summed E-state index contributed by atoms with van der Waals surface area (Å²) in [4.78, 5) is 2.33. The molecule has 0 atom stereocenters. The summed E-state index contributed by atoms with van der Waals surface area (Å²) in [5.41, 5.74) is 8.15. The molecule has 198 valence electrons. The monoisotopic (exact) mass is 523 g/mol. The van der Waals surface area contributed by atoms with Crippen LogP contribution >= 0.6 is 0 Å². The fourth-order valence-corrected chi connectivity index (χ4v) is 5.18. The SMILES string of the molecule is CC1(C)OB(c2cccc(N(c3ccc(-c4ccccc4)cc3)c3ccccc3-c3ccccc3)c2)OC1(C)C. The van der Waals surface area contributed by atoms with Gasteiger partial charge >= 0.3 is 7.12 Å². The van der Waals surface area contributed by atoms with E-state index in [1.54, 1.807) is 0 Å². The van der Waals surface area contributed by atoms with Crippen molar-refractivity contribution in [2.45, 2.75) is 38.9 Å². The molecule has 6 rings (SSSR count). The van der Waals surface area contributed by atoms with E-state index in [4.69, 9.17) is 9.31 Å². The van der Waals surface area contributed by atoms with Crippen molar-refractivity contribution in [3.8, 4) is 22.3 Å². The minimum Gasteiger partial charge on any atom is -0.399 e. The minimum absolute atomic E-state index is 0.402. The summed E-state index contributed by atoms with van der Waals surface area (Å²) in [5, 5.41) is 0. The van der Waals surface area contributed by atoms with Crippen molar-refractivity contribution in [1.82, 2.24) is 0 Å². The standard InChI is InChI=1S/C36H34BNO2/c1-35(2)36(3,4)40-37(39-35)30-18-13-19-32(26-30)38(31-24-22-28(23-25-31)27-14-7-5-8-15-27)34-21-12-11-20-33(34)29-16-9-6-10-17-29/h5-26H,1-4H3. The number of anilines is 3. The van der Waals surface area contributed by atoms with Gasteiger partial charge in [-0.05, 0) is 80.2 Å². The van der Waals surface area contributed by atoms with E-state index in [1.165, 1.54) is 16.7 Å². The molecule has 5 aromatic carbocycles. The molecule has 0 spiro atoms. The zero-order valence-electron chi connectivity index (χ0n) is 23.5. The minimum atomic E-state index is -0.434. The maximum Gasteiger partial charge on any atom is 0.494 e. The topological polar surface area (TPSA) is 21.7 Å². The Kier molecular flexibility index (Phi) is 6.83. The molecule has 1 fully saturated rings. The second-order valence-corrected chi connectivity index (χ2v) is 11.3. The molecule has 0 aromatic heterocycles. The van der Waals surface area contributed by atoms with Crippen LogP contribution < -0.4 is 10.4 Å². The molecule has 4 heteroatoms. The number of benzene rings is 5. The van der Waals surface area contributed by atoms with Crippen LogP contribution in [0.3, 0.4) is 0 Å².